The van der Waals surface area contributed by atoms with Crippen LogP contribution in [0.4, 0.5) is 5.69 Å². The first-order valence-electron chi connectivity index (χ1n) is 13.2. The fourth-order valence-electron chi connectivity index (χ4n) is 5.56. The molecule has 1 fully saturated rings. The number of piperidine rings is 1. The van der Waals surface area contributed by atoms with Gasteiger partial charge in [-0.2, -0.15) is 5.26 Å². The van der Waals surface area contributed by atoms with Crippen LogP contribution in [-0.2, 0) is 0 Å². The summed E-state index contributed by atoms with van der Waals surface area (Å²) < 4.78 is 22.2. The van der Waals surface area contributed by atoms with E-state index in [4.69, 9.17) is 18.9 Å². The van der Waals surface area contributed by atoms with Crippen molar-refractivity contribution in [3.8, 4) is 62.4 Å². The van der Waals surface area contributed by atoms with Crippen molar-refractivity contribution in [3.05, 3.63) is 78.4 Å². The van der Waals surface area contributed by atoms with Crippen LogP contribution in [0.15, 0.2) is 72.8 Å². The summed E-state index contributed by atoms with van der Waals surface area (Å²) >= 11 is 0. The van der Waals surface area contributed by atoms with Crippen molar-refractivity contribution in [2.24, 2.45) is 0 Å². The lowest BCUT2D eigenvalue weighted by atomic mass is 9.83. The molecule has 0 radical (unpaired) electrons. The van der Waals surface area contributed by atoms with Crippen molar-refractivity contribution in [2.75, 3.05) is 39.0 Å². The number of methoxy groups -OCH3 is 2. The highest BCUT2D eigenvalue weighted by Crippen LogP contribution is 2.48. The standard InChI is InChI=1S/C33H30N2O4/c1-36-25-11-6-22(7-12-25)32-27(24-10-15-30-31(18-24)39-21-38-30)19-29(35-16-4-3-5-17-35)28(20-34)33(32)23-8-13-26(37-2)14-9-23/h6-15,18-19H,3-5,16-17,21H2,1-2H3. The molecular formula is C33H30N2O4. The van der Waals surface area contributed by atoms with Crippen LogP contribution >= 0.6 is 0 Å². The number of anilines is 1. The van der Waals surface area contributed by atoms with Crippen molar-refractivity contribution in [1.29, 1.82) is 5.26 Å². The Balaban J connectivity index is 1.68. The van der Waals surface area contributed by atoms with Crippen LogP contribution in [-0.4, -0.2) is 34.1 Å². The average molecular weight is 519 g/mol. The molecule has 1 saturated heterocycles. The molecule has 6 rings (SSSR count). The molecule has 4 aromatic carbocycles. The normalized spacial score (nSPS) is 14.1. The molecule has 0 amide bonds. The summed E-state index contributed by atoms with van der Waals surface area (Å²) in [7, 11) is 3.32. The van der Waals surface area contributed by atoms with Crippen LogP contribution in [0.25, 0.3) is 33.4 Å². The second kappa shape index (κ2) is 10.6. The van der Waals surface area contributed by atoms with E-state index in [1.165, 1.54) is 6.42 Å². The first-order chi connectivity index (χ1) is 19.2. The number of nitrogens with zero attached hydrogens (tertiary/aromatic N) is 2. The van der Waals surface area contributed by atoms with Crippen LogP contribution in [0.3, 0.4) is 0 Å². The van der Waals surface area contributed by atoms with Crippen LogP contribution in [0, 0.1) is 11.3 Å². The Bertz CT molecular complexity index is 1530. The van der Waals surface area contributed by atoms with Crippen molar-refractivity contribution >= 4 is 5.69 Å². The van der Waals surface area contributed by atoms with Gasteiger partial charge in [0.25, 0.3) is 0 Å². The zero-order valence-electron chi connectivity index (χ0n) is 22.2. The molecule has 0 bridgehead atoms. The van der Waals surface area contributed by atoms with Crippen LogP contribution in [0.5, 0.6) is 23.0 Å². The second-order valence-electron chi connectivity index (χ2n) is 9.75. The fourth-order valence-corrected chi connectivity index (χ4v) is 5.56. The number of nitriles is 1. The Labute approximate surface area is 228 Å². The maximum Gasteiger partial charge on any atom is 0.231 e. The van der Waals surface area contributed by atoms with E-state index in [0.29, 0.717) is 5.56 Å². The molecule has 2 heterocycles. The number of fused-ring (bicyclic) bond motifs is 1. The maximum absolute atomic E-state index is 10.7. The highest BCUT2D eigenvalue weighted by atomic mass is 16.7. The molecule has 0 spiro atoms. The van der Waals surface area contributed by atoms with Gasteiger partial charge in [0.05, 0.1) is 25.5 Å². The highest BCUT2D eigenvalue weighted by Gasteiger charge is 2.26. The van der Waals surface area contributed by atoms with E-state index >= 15 is 0 Å². The summed E-state index contributed by atoms with van der Waals surface area (Å²) in [4.78, 5) is 2.36. The molecule has 0 N–H and O–H groups in total. The minimum atomic E-state index is 0.216. The molecule has 4 aromatic rings. The molecule has 2 aliphatic heterocycles. The molecule has 2 aliphatic rings. The molecule has 0 aromatic heterocycles. The number of rotatable bonds is 6. The predicted molar refractivity (Wildman–Crippen MR) is 153 cm³/mol. The number of hydrogen-bond donors (Lipinski definition) is 0. The second-order valence-corrected chi connectivity index (χ2v) is 9.75. The van der Waals surface area contributed by atoms with Crippen LogP contribution < -0.4 is 23.8 Å². The van der Waals surface area contributed by atoms with E-state index in [0.717, 1.165) is 88.0 Å². The van der Waals surface area contributed by atoms with E-state index in [9.17, 15) is 5.26 Å². The first-order valence-corrected chi connectivity index (χ1v) is 13.2. The molecule has 6 heteroatoms. The Morgan fingerprint density at radius 1 is 0.692 bits per heavy atom. The first kappa shape index (κ1) is 24.7. The summed E-state index contributed by atoms with van der Waals surface area (Å²) in [5.41, 5.74) is 7.52. The van der Waals surface area contributed by atoms with Gasteiger partial charge in [0, 0.05) is 18.7 Å². The highest BCUT2D eigenvalue weighted by molar-refractivity contribution is 6.01. The number of hydrogen-bond acceptors (Lipinski definition) is 6. The fraction of sp³-hybridized carbons (Fsp3) is 0.242. The summed E-state index contributed by atoms with van der Waals surface area (Å²) in [5, 5.41) is 10.7. The Morgan fingerprint density at radius 2 is 1.28 bits per heavy atom. The van der Waals surface area contributed by atoms with E-state index in [2.05, 4.69) is 35.2 Å². The molecule has 0 unspecified atom stereocenters. The summed E-state index contributed by atoms with van der Waals surface area (Å²) in [5.74, 6) is 3.01. The third-order valence-corrected chi connectivity index (χ3v) is 7.56. The zero-order valence-corrected chi connectivity index (χ0v) is 22.2. The van der Waals surface area contributed by atoms with E-state index in [1.54, 1.807) is 14.2 Å². The quantitative estimate of drug-likeness (QED) is 0.267. The summed E-state index contributed by atoms with van der Waals surface area (Å²) in [6.07, 6.45) is 3.44. The lowest BCUT2D eigenvalue weighted by Gasteiger charge is -2.32. The van der Waals surface area contributed by atoms with E-state index in [-0.39, 0.29) is 6.79 Å². The van der Waals surface area contributed by atoms with E-state index < -0.39 is 0 Å². The van der Waals surface area contributed by atoms with Gasteiger partial charge in [0.2, 0.25) is 6.79 Å². The average Bonchev–Trinajstić information content (AvgIpc) is 3.49. The van der Waals surface area contributed by atoms with Crippen molar-refractivity contribution in [3.63, 3.8) is 0 Å². The molecule has 0 atom stereocenters. The third kappa shape index (κ3) is 4.61. The smallest absolute Gasteiger partial charge is 0.231 e. The summed E-state index contributed by atoms with van der Waals surface area (Å²) in [6, 6.07) is 26.8. The molecular weight excluding hydrogens is 488 g/mol. The van der Waals surface area contributed by atoms with Gasteiger partial charge in [-0.25, -0.2) is 0 Å². The van der Waals surface area contributed by atoms with Gasteiger partial charge in [-0.3, -0.25) is 0 Å². The lowest BCUT2D eigenvalue weighted by Crippen LogP contribution is -2.30. The molecule has 6 nitrogen and oxygen atoms in total. The predicted octanol–water partition coefficient (Wildman–Crippen LogP) is 7.30. The minimum Gasteiger partial charge on any atom is -0.497 e. The number of ether oxygens (including phenoxy) is 4. The van der Waals surface area contributed by atoms with E-state index in [1.807, 2.05) is 48.5 Å². The van der Waals surface area contributed by atoms with Crippen molar-refractivity contribution < 1.29 is 18.9 Å². The van der Waals surface area contributed by atoms with Crippen LogP contribution in [0.1, 0.15) is 24.8 Å². The Hall–Kier alpha value is -4.63. The molecule has 0 saturated carbocycles. The topological polar surface area (TPSA) is 64.0 Å². The van der Waals surface area contributed by atoms with Gasteiger partial charge in [0.1, 0.15) is 17.6 Å². The number of benzene rings is 4. The molecule has 196 valence electrons. The monoisotopic (exact) mass is 518 g/mol. The SMILES string of the molecule is COc1ccc(-c2c(-c3ccc4c(c3)OCO4)cc(N3CCCCC3)c(C#N)c2-c2ccc(OC)cc2)cc1. The molecule has 0 aliphatic carbocycles. The van der Waals surface area contributed by atoms with Crippen LogP contribution in [0.2, 0.25) is 0 Å². The summed E-state index contributed by atoms with van der Waals surface area (Å²) in [6.45, 7) is 2.08. The van der Waals surface area contributed by atoms with Gasteiger partial charge in [-0.05, 0) is 89.5 Å². The third-order valence-electron chi connectivity index (χ3n) is 7.56. The molecule has 39 heavy (non-hydrogen) atoms. The van der Waals surface area contributed by atoms with Gasteiger partial charge >= 0.3 is 0 Å². The van der Waals surface area contributed by atoms with Crippen molar-refractivity contribution in [2.45, 2.75) is 19.3 Å². The Morgan fingerprint density at radius 3 is 1.90 bits per heavy atom. The van der Waals surface area contributed by atoms with Gasteiger partial charge in [0.15, 0.2) is 11.5 Å². The lowest BCUT2D eigenvalue weighted by molar-refractivity contribution is 0.174. The maximum atomic E-state index is 10.7. The van der Waals surface area contributed by atoms with Gasteiger partial charge in [-0.15, -0.1) is 0 Å². The Kier molecular flexibility index (Phi) is 6.73. The van der Waals surface area contributed by atoms with Gasteiger partial charge in [-0.1, -0.05) is 30.3 Å². The largest absolute Gasteiger partial charge is 0.497 e. The van der Waals surface area contributed by atoms with Crippen molar-refractivity contribution in [1.82, 2.24) is 0 Å². The minimum absolute atomic E-state index is 0.216. The zero-order chi connectivity index (χ0) is 26.8. The van der Waals surface area contributed by atoms with Gasteiger partial charge < -0.3 is 23.8 Å².